The van der Waals surface area contributed by atoms with Crippen molar-refractivity contribution in [2.24, 2.45) is 0 Å². The number of ether oxygens (including phenoxy) is 1. The predicted molar refractivity (Wildman–Crippen MR) is 33.7 cm³/mol. The van der Waals surface area contributed by atoms with Gasteiger partial charge in [0.15, 0.2) is 12.6 Å². The van der Waals surface area contributed by atoms with Gasteiger partial charge in [0.2, 0.25) is 0 Å². The lowest BCUT2D eigenvalue weighted by Gasteiger charge is -2.10. The number of carbonyl (C=O) groups excluding carboxylic acids is 3. The molecule has 62 valence electrons. The van der Waals surface area contributed by atoms with Crippen LogP contribution in [0, 0.1) is 0 Å². The quantitative estimate of drug-likeness (QED) is 0.313. The van der Waals surface area contributed by atoms with Crippen molar-refractivity contribution in [1.29, 1.82) is 0 Å². The Morgan fingerprint density at radius 2 is 2.00 bits per heavy atom. The molecule has 0 aromatic carbocycles. The van der Waals surface area contributed by atoms with Crippen molar-refractivity contribution in [3.63, 3.8) is 0 Å². The van der Waals surface area contributed by atoms with Crippen molar-refractivity contribution >= 4 is 18.5 Å². The highest BCUT2D eigenvalue weighted by Gasteiger charge is 2.37. The SMILES string of the molecule is CCOC(=O)C(O)(C=O)C=O. The lowest BCUT2D eigenvalue weighted by molar-refractivity contribution is -0.166. The topological polar surface area (TPSA) is 80.7 Å². The van der Waals surface area contributed by atoms with Crippen LogP contribution in [0.15, 0.2) is 0 Å². The largest absolute Gasteiger partial charge is 0.463 e. The summed E-state index contributed by atoms with van der Waals surface area (Å²) < 4.78 is 4.24. The van der Waals surface area contributed by atoms with Gasteiger partial charge < -0.3 is 9.84 Å². The summed E-state index contributed by atoms with van der Waals surface area (Å²) in [6.45, 7) is 1.50. The number of aliphatic hydroxyl groups is 1. The van der Waals surface area contributed by atoms with Crippen LogP contribution in [0.5, 0.6) is 0 Å². The Kier molecular flexibility index (Phi) is 3.39. The fourth-order valence-corrected chi connectivity index (χ4v) is 0.371. The molecule has 0 spiro atoms. The van der Waals surface area contributed by atoms with E-state index in [0.29, 0.717) is 0 Å². The Morgan fingerprint density at radius 3 is 2.27 bits per heavy atom. The molecular formula is C6H8O5. The number of hydrogen-bond acceptors (Lipinski definition) is 5. The average Bonchev–Trinajstić information content (AvgIpc) is 2.03. The van der Waals surface area contributed by atoms with E-state index < -0.39 is 11.6 Å². The van der Waals surface area contributed by atoms with E-state index in [-0.39, 0.29) is 19.2 Å². The summed E-state index contributed by atoms with van der Waals surface area (Å²) in [6, 6.07) is 0. The van der Waals surface area contributed by atoms with Gasteiger partial charge >= 0.3 is 5.97 Å². The maximum Gasteiger partial charge on any atom is 0.353 e. The monoisotopic (exact) mass is 160 g/mol. The molecule has 0 amide bonds. The Labute approximate surface area is 63.0 Å². The van der Waals surface area contributed by atoms with Gasteiger partial charge in [0.1, 0.15) is 0 Å². The number of carbonyl (C=O) groups is 3. The second-order valence-corrected chi connectivity index (χ2v) is 1.78. The van der Waals surface area contributed by atoms with Gasteiger partial charge in [0, 0.05) is 0 Å². The molecule has 0 bridgehead atoms. The Bertz CT molecular complexity index is 166. The number of hydrogen-bond donors (Lipinski definition) is 1. The standard InChI is InChI=1S/C6H8O5/c1-2-11-5(9)6(10,3-7)4-8/h3-4,10H,2H2,1H3. The molecule has 0 unspecified atom stereocenters. The Balaban J connectivity index is 4.36. The minimum absolute atomic E-state index is 0.00280. The third-order valence-corrected chi connectivity index (χ3v) is 0.962. The smallest absolute Gasteiger partial charge is 0.353 e. The summed E-state index contributed by atoms with van der Waals surface area (Å²) in [5.74, 6) is -1.25. The lowest BCUT2D eigenvalue weighted by atomic mass is 10.1. The van der Waals surface area contributed by atoms with Crippen LogP contribution >= 0.6 is 0 Å². The van der Waals surface area contributed by atoms with Crippen molar-refractivity contribution in [3.8, 4) is 0 Å². The van der Waals surface area contributed by atoms with Gasteiger partial charge in [0.05, 0.1) is 6.61 Å². The van der Waals surface area contributed by atoms with E-state index in [1.807, 2.05) is 0 Å². The molecule has 5 nitrogen and oxygen atoms in total. The van der Waals surface area contributed by atoms with Gasteiger partial charge in [-0.15, -0.1) is 0 Å². The Morgan fingerprint density at radius 1 is 1.55 bits per heavy atom. The first-order chi connectivity index (χ1) is 5.10. The fraction of sp³-hybridized carbons (Fsp3) is 0.500. The van der Waals surface area contributed by atoms with Crippen molar-refractivity contribution in [3.05, 3.63) is 0 Å². The third-order valence-electron chi connectivity index (χ3n) is 0.962. The highest BCUT2D eigenvalue weighted by molar-refractivity contribution is 6.11. The van der Waals surface area contributed by atoms with Crippen LogP contribution < -0.4 is 0 Å². The first kappa shape index (κ1) is 9.77. The van der Waals surface area contributed by atoms with Crippen LogP contribution in [0.3, 0.4) is 0 Å². The van der Waals surface area contributed by atoms with E-state index in [4.69, 9.17) is 5.11 Å². The first-order valence-electron chi connectivity index (χ1n) is 2.93. The molecule has 0 aliphatic heterocycles. The first-order valence-corrected chi connectivity index (χ1v) is 2.93. The zero-order chi connectivity index (χ0) is 8.91. The van der Waals surface area contributed by atoms with E-state index in [2.05, 4.69) is 4.74 Å². The molecule has 0 aliphatic rings. The molecule has 0 fully saturated rings. The molecule has 0 saturated carbocycles. The van der Waals surface area contributed by atoms with Crippen LogP contribution in [-0.4, -0.2) is 35.9 Å². The molecule has 0 heterocycles. The van der Waals surface area contributed by atoms with E-state index in [0.717, 1.165) is 0 Å². The molecule has 0 saturated heterocycles. The molecule has 0 atom stereocenters. The Hall–Kier alpha value is -1.23. The number of rotatable bonds is 4. The van der Waals surface area contributed by atoms with Crippen LogP contribution in [0.1, 0.15) is 6.92 Å². The zero-order valence-electron chi connectivity index (χ0n) is 5.94. The van der Waals surface area contributed by atoms with Gasteiger partial charge in [0.25, 0.3) is 5.60 Å². The minimum Gasteiger partial charge on any atom is -0.463 e. The maximum absolute atomic E-state index is 10.6. The molecule has 0 aliphatic carbocycles. The normalized spacial score (nSPS) is 10.4. The molecule has 5 heteroatoms. The predicted octanol–water partition coefficient (Wildman–Crippen LogP) is -1.32. The van der Waals surface area contributed by atoms with Crippen molar-refractivity contribution in [2.75, 3.05) is 6.61 Å². The van der Waals surface area contributed by atoms with Crippen molar-refractivity contribution in [2.45, 2.75) is 12.5 Å². The summed E-state index contributed by atoms with van der Waals surface area (Å²) in [4.78, 5) is 30.6. The van der Waals surface area contributed by atoms with Gasteiger partial charge in [-0.2, -0.15) is 0 Å². The zero-order valence-corrected chi connectivity index (χ0v) is 5.94. The van der Waals surface area contributed by atoms with Gasteiger partial charge in [-0.25, -0.2) is 4.79 Å². The van der Waals surface area contributed by atoms with Crippen molar-refractivity contribution < 1.29 is 24.2 Å². The van der Waals surface area contributed by atoms with Gasteiger partial charge in [-0.1, -0.05) is 0 Å². The van der Waals surface area contributed by atoms with Crippen molar-refractivity contribution in [1.82, 2.24) is 0 Å². The summed E-state index contributed by atoms with van der Waals surface area (Å²) in [6.07, 6.45) is -0.337. The van der Waals surface area contributed by atoms with E-state index in [1.54, 1.807) is 0 Å². The average molecular weight is 160 g/mol. The summed E-state index contributed by atoms with van der Waals surface area (Å²) in [5, 5.41) is 8.82. The summed E-state index contributed by atoms with van der Waals surface area (Å²) in [5.41, 5.74) is -2.63. The lowest BCUT2D eigenvalue weighted by Crippen LogP contribution is -2.43. The molecule has 0 aromatic rings. The molecule has 1 N–H and O–H groups in total. The molecule has 0 rings (SSSR count). The van der Waals surface area contributed by atoms with E-state index in [1.165, 1.54) is 6.92 Å². The van der Waals surface area contributed by atoms with E-state index in [9.17, 15) is 14.4 Å². The van der Waals surface area contributed by atoms with Crippen LogP contribution in [0.4, 0.5) is 0 Å². The van der Waals surface area contributed by atoms with E-state index >= 15 is 0 Å². The molecule has 0 radical (unpaired) electrons. The second kappa shape index (κ2) is 3.82. The van der Waals surface area contributed by atoms with Gasteiger partial charge in [-0.3, -0.25) is 9.59 Å². The number of esters is 1. The van der Waals surface area contributed by atoms with Crippen LogP contribution in [0.2, 0.25) is 0 Å². The molecule has 0 aromatic heterocycles. The molecular weight excluding hydrogens is 152 g/mol. The van der Waals surface area contributed by atoms with Crippen LogP contribution in [-0.2, 0) is 19.1 Å². The number of aldehydes is 2. The minimum atomic E-state index is -2.63. The maximum atomic E-state index is 10.6. The molecule has 11 heavy (non-hydrogen) atoms. The van der Waals surface area contributed by atoms with Gasteiger partial charge in [-0.05, 0) is 6.92 Å². The summed E-state index contributed by atoms with van der Waals surface area (Å²) >= 11 is 0. The van der Waals surface area contributed by atoms with Crippen LogP contribution in [0.25, 0.3) is 0 Å². The highest BCUT2D eigenvalue weighted by Crippen LogP contribution is 1.98. The fourth-order valence-electron chi connectivity index (χ4n) is 0.371. The highest BCUT2D eigenvalue weighted by atomic mass is 16.5. The second-order valence-electron chi connectivity index (χ2n) is 1.78. The third kappa shape index (κ3) is 2.12. The summed E-state index contributed by atoms with van der Waals surface area (Å²) in [7, 11) is 0.